The third kappa shape index (κ3) is 1.68. The molecule has 17 heavy (non-hydrogen) atoms. The van der Waals surface area contributed by atoms with E-state index in [2.05, 4.69) is 20.9 Å². The molecular weight excluding hydrogens is 300 g/mol. The number of rotatable bonds is 1. The largest absolute Gasteiger partial charge is 0.331 e. The standard InChI is InChI=1S/C12H11BrN2OS/c1-6-2-5-8(13)9-10(6)14-12(17)15(11(9)16)7-3-4-7/h2,5,7H,3-4H2,1H3,(H,14,17). The normalized spacial score (nSPS) is 15.4. The minimum absolute atomic E-state index is 0.0156. The minimum atomic E-state index is 0.0156. The van der Waals surface area contributed by atoms with Gasteiger partial charge >= 0.3 is 0 Å². The summed E-state index contributed by atoms with van der Waals surface area (Å²) in [5.74, 6) is 0. The highest BCUT2D eigenvalue weighted by Crippen LogP contribution is 2.34. The Labute approximate surface area is 112 Å². The third-order valence-corrected chi connectivity index (χ3v) is 4.12. The highest BCUT2D eigenvalue weighted by molar-refractivity contribution is 9.10. The number of hydrogen-bond acceptors (Lipinski definition) is 2. The Hall–Kier alpha value is -0.940. The number of aromatic nitrogens is 2. The van der Waals surface area contributed by atoms with Gasteiger partial charge < -0.3 is 4.98 Å². The summed E-state index contributed by atoms with van der Waals surface area (Å²) in [5.41, 5.74) is 1.89. The fraction of sp³-hybridized carbons (Fsp3) is 0.333. The van der Waals surface area contributed by atoms with Crippen molar-refractivity contribution in [2.45, 2.75) is 25.8 Å². The quantitative estimate of drug-likeness (QED) is 0.819. The predicted octanol–water partition coefficient (Wildman–Crippen LogP) is 3.46. The molecule has 1 aliphatic carbocycles. The zero-order valence-electron chi connectivity index (χ0n) is 9.29. The molecule has 1 heterocycles. The van der Waals surface area contributed by atoms with Gasteiger partial charge in [-0.1, -0.05) is 6.07 Å². The van der Waals surface area contributed by atoms with E-state index in [4.69, 9.17) is 12.2 Å². The van der Waals surface area contributed by atoms with Crippen LogP contribution in [0.5, 0.6) is 0 Å². The second-order valence-corrected chi connectivity index (χ2v) is 5.69. The van der Waals surface area contributed by atoms with E-state index < -0.39 is 0 Å². The number of fused-ring (bicyclic) bond motifs is 1. The smallest absolute Gasteiger partial charge is 0.263 e. The molecule has 88 valence electrons. The molecule has 1 N–H and O–H groups in total. The van der Waals surface area contributed by atoms with Crippen LogP contribution in [0.25, 0.3) is 10.9 Å². The zero-order chi connectivity index (χ0) is 12.2. The average molecular weight is 311 g/mol. The fourth-order valence-corrected chi connectivity index (χ4v) is 2.93. The molecule has 1 saturated carbocycles. The minimum Gasteiger partial charge on any atom is -0.331 e. The van der Waals surface area contributed by atoms with Crippen LogP contribution in [0.3, 0.4) is 0 Å². The van der Waals surface area contributed by atoms with Gasteiger partial charge in [-0.2, -0.15) is 0 Å². The summed E-state index contributed by atoms with van der Waals surface area (Å²) in [6.45, 7) is 1.97. The van der Waals surface area contributed by atoms with E-state index in [1.54, 1.807) is 4.57 Å². The maximum atomic E-state index is 12.5. The van der Waals surface area contributed by atoms with E-state index in [1.165, 1.54) is 0 Å². The monoisotopic (exact) mass is 310 g/mol. The molecular formula is C12H11BrN2OS. The van der Waals surface area contributed by atoms with Crippen molar-refractivity contribution < 1.29 is 0 Å². The number of H-pyrrole nitrogens is 1. The van der Waals surface area contributed by atoms with Crippen molar-refractivity contribution in [3.63, 3.8) is 0 Å². The third-order valence-electron chi connectivity index (χ3n) is 3.16. The second kappa shape index (κ2) is 3.78. The number of hydrogen-bond donors (Lipinski definition) is 1. The zero-order valence-corrected chi connectivity index (χ0v) is 11.7. The van der Waals surface area contributed by atoms with E-state index in [-0.39, 0.29) is 5.56 Å². The summed E-state index contributed by atoms with van der Waals surface area (Å²) >= 11 is 8.72. The van der Waals surface area contributed by atoms with E-state index in [0.29, 0.717) is 16.2 Å². The summed E-state index contributed by atoms with van der Waals surface area (Å²) < 4.78 is 3.07. The van der Waals surface area contributed by atoms with Crippen molar-refractivity contribution in [1.82, 2.24) is 9.55 Å². The van der Waals surface area contributed by atoms with Crippen molar-refractivity contribution in [1.29, 1.82) is 0 Å². The SMILES string of the molecule is Cc1ccc(Br)c2c(=O)n(C3CC3)c(=S)[nH]c12. The van der Waals surface area contributed by atoms with E-state index in [1.807, 2.05) is 19.1 Å². The van der Waals surface area contributed by atoms with Gasteiger partial charge in [0.05, 0.1) is 10.9 Å². The first-order chi connectivity index (χ1) is 8.09. The van der Waals surface area contributed by atoms with E-state index in [9.17, 15) is 4.79 Å². The first-order valence-electron chi connectivity index (χ1n) is 5.53. The molecule has 0 aliphatic heterocycles. The highest BCUT2D eigenvalue weighted by Gasteiger charge is 2.26. The van der Waals surface area contributed by atoms with Gasteiger partial charge in [0.15, 0.2) is 4.77 Å². The van der Waals surface area contributed by atoms with E-state index >= 15 is 0 Å². The lowest BCUT2D eigenvalue weighted by Crippen LogP contribution is -2.21. The fourth-order valence-electron chi connectivity index (χ4n) is 2.10. The number of nitrogens with zero attached hydrogens (tertiary/aromatic N) is 1. The number of nitrogens with one attached hydrogen (secondary N) is 1. The van der Waals surface area contributed by atoms with Gasteiger partial charge in [0, 0.05) is 10.5 Å². The Morgan fingerprint density at radius 3 is 2.82 bits per heavy atom. The van der Waals surface area contributed by atoms with Crippen molar-refractivity contribution >= 4 is 39.1 Å². The van der Waals surface area contributed by atoms with Crippen LogP contribution >= 0.6 is 28.1 Å². The molecule has 3 rings (SSSR count). The molecule has 1 aromatic carbocycles. The first kappa shape index (κ1) is 11.2. The van der Waals surface area contributed by atoms with Crippen LogP contribution in [0.1, 0.15) is 24.4 Å². The first-order valence-corrected chi connectivity index (χ1v) is 6.73. The van der Waals surface area contributed by atoms with Crippen LogP contribution in [0.4, 0.5) is 0 Å². The average Bonchev–Trinajstić information content (AvgIpc) is 3.07. The van der Waals surface area contributed by atoms with Crippen molar-refractivity contribution in [2.75, 3.05) is 0 Å². The molecule has 5 heteroatoms. The molecule has 1 fully saturated rings. The van der Waals surface area contributed by atoms with Gasteiger partial charge in [0.2, 0.25) is 0 Å². The maximum Gasteiger partial charge on any atom is 0.263 e. The number of aryl methyl sites for hydroxylation is 1. The summed E-state index contributed by atoms with van der Waals surface area (Å²) in [6.07, 6.45) is 2.10. The Morgan fingerprint density at radius 2 is 2.18 bits per heavy atom. The molecule has 2 aromatic rings. The molecule has 3 nitrogen and oxygen atoms in total. The van der Waals surface area contributed by atoms with Crippen LogP contribution in [0.2, 0.25) is 0 Å². The predicted molar refractivity (Wildman–Crippen MR) is 74.1 cm³/mol. The molecule has 0 amide bonds. The molecule has 0 saturated heterocycles. The van der Waals surface area contributed by atoms with Crippen molar-refractivity contribution in [3.05, 3.63) is 37.3 Å². The lowest BCUT2D eigenvalue weighted by molar-refractivity contribution is 0.685. The number of aromatic amines is 1. The Bertz CT molecular complexity index is 728. The van der Waals surface area contributed by atoms with Crippen LogP contribution < -0.4 is 5.56 Å². The molecule has 1 aliphatic rings. The van der Waals surface area contributed by atoms with Gasteiger partial charge in [-0.3, -0.25) is 9.36 Å². The second-order valence-electron chi connectivity index (χ2n) is 4.45. The van der Waals surface area contributed by atoms with Gasteiger partial charge in [-0.15, -0.1) is 0 Å². The van der Waals surface area contributed by atoms with Crippen molar-refractivity contribution in [2.24, 2.45) is 0 Å². The Kier molecular flexibility index (Phi) is 2.48. The number of halogens is 1. The maximum absolute atomic E-state index is 12.5. The van der Waals surface area contributed by atoms with E-state index in [0.717, 1.165) is 28.4 Å². The molecule has 1 aromatic heterocycles. The summed E-state index contributed by atoms with van der Waals surface area (Å²) in [5, 5.41) is 0.700. The highest BCUT2D eigenvalue weighted by atomic mass is 79.9. The molecule has 0 spiro atoms. The van der Waals surface area contributed by atoms with Gasteiger partial charge in [-0.25, -0.2) is 0 Å². The van der Waals surface area contributed by atoms with Crippen molar-refractivity contribution in [3.8, 4) is 0 Å². The van der Waals surface area contributed by atoms with Crippen LogP contribution in [-0.4, -0.2) is 9.55 Å². The lowest BCUT2D eigenvalue weighted by Gasteiger charge is -2.09. The van der Waals surface area contributed by atoms with Crippen LogP contribution in [0.15, 0.2) is 21.4 Å². The van der Waals surface area contributed by atoms with Crippen LogP contribution in [-0.2, 0) is 0 Å². The molecule has 0 atom stereocenters. The Morgan fingerprint density at radius 1 is 1.47 bits per heavy atom. The topological polar surface area (TPSA) is 37.8 Å². The lowest BCUT2D eigenvalue weighted by atomic mass is 10.1. The van der Waals surface area contributed by atoms with Gasteiger partial charge in [-0.05, 0) is 59.5 Å². The van der Waals surface area contributed by atoms with Gasteiger partial charge in [0.1, 0.15) is 0 Å². The molecule has 0 bridgehead atoms. The molecule has 0 unspecified atom stereocenters. The summed E-state index contributed by atoms with van der Waals surface area (Å²) in [6, 6.07) is 4.18. The van der Waals surface area contributed by atoms with Gasteiger partial charge in [0.25, 0.3) is 5.56 Å². The summed E-state index contributed by atoms with van der Waals surface area (Å²) in [4.78, 5) is 15.6. The van der Waals surface area contributed by atoms with Crippen LogP contribution in [0, 0.1) is 11.7 Å². The summed E-state index contributed by atoms with van der Waals surface area (Å²) in [7, 11) is 0. The molecule has 0 radical (unpaired) electrons. The number of benzene rings is 1. The Balaban J connectivity index is 2.53.